The van der Waals surface area contributed by atoms with Gasteiger partial charge in [0.05, 0.1) is 44.4 Å². The number of benzene rings is 1. The van der Waals surface area contributed by atoms with Crippen LogP contribution in [0.15, 0.2) is 29.7 Å². The minimum atomic E-state index is -0.651. The fourth-order valence-electron chi connectivity index (χ4n) is 3.25. The minimum Gasteiger partial charge on any atom is -0.493 e. The normalized spacial score (nSPS) is 15.3. The molecule has 28 heavy (non-hydrogen) atoms. The van der Waals surface area contributed by atoms with Gasteiger partial charge in [-0.3, -0.25) is 9.89 Å². The van der Waals surface area contributed by atoms with E-state index in [1.54, 1.807) is 25.1 Å². The number of hydrogen-bond acceptors (Lipinski definition) is 8. The summed E-state index contributed by atoms with van der Waals surface area (Å²) >= 11 is 0. The Labute approximate surface area is 161 Å². The van der Waals surface area contributed by atoms with Gasteiger partial charge in [0.25, 0.3) is 0 Å². The van der Waals surface area contributed by atoms with Crippen LogP contribution in [-0.4, -0.2) is 37.0 Å². The molecule has 9 nitrogen and oxygen atoms in total. The van der Waals surface area contributed by atoms with Crippen LogP contribution in [-0.2, 0) is 16.0 Å². The van der Waals surface area contributed by atoms with Crippen molar-refractivity contribution in [2.24, 2.45) is 5.73 Å². The Morgan fingerprint density at radius 2 is 2.18 bits per heavy atom. The molecule has 0 amide bonds. The minimum absolute atomic E-state index is 0.0546. The van der Waals surface area contributed by atoms with Crippen LogP contribution < -0.4 is 19.9 Å². The second-order valence-corrected chi connectivity index (χ2v) is 5.91. The molecule has 0 fully saturated rings. The molecule has 2 heterocycles. The Kier molecular flexibility index (Phi) is 5.40. The molecule has 1 aliphatic rings. The van der Waals surface area contributed by atoms with E-state index in [2.05, 4.69) is 16.3 Å². The van der Waals surface area contributed by atoms with E-state index in [9.17, 15) is 10.1 Å². The Balaban J connectivity index is 2.20. The fourth-order valence-corrected chi connectivity index (χ4v) is 3.25. The van der Waals surface area contributed by atoms with Gasteiger partial charge < -0.3 is 24.7 Å². The third-order valence-corrected chi connectivity index (χ3v) is 4.39. The van der Waals surface area contributed by atoms with E-state index in [0.29, 0.717) is 28.3 Å². The highest BCUT2D eigenvalue weighted by molar-refractivity contribution is 5.73. The lowest BCUT2D eigenvalue weighted by atomic mass is 9.83. The first-order valence-electron chi connectivity index (χ1n) is 8.56. The quantitative estimate of drug-likeness (QED) is 0.720. The lowest BCUT2D eigenvalue weighted by Gasteiger charge is -2.25. The summed E-state index contributed by atoms with van der Waals surface area (Å²) in [7, 11) is 3.03. The summed E-state index contributed by atoms with van der Waals surface area (Å²) < 4.78 is 21.5. The molecular weight excluding hydrogens is 364 g/mol. The van der Waals surface area contributed by atoms with E-state index in [1.165, 1.54) is 14.2 Å². The Bertz CT molecular complexity index is 973. The molecule has 3 N–H and O–H groups in total. The van der Waals surface area contributed by atoms with Gasteiger partial charge in [0, 0.05) is 5.56 Å². The largest absolute Gasteiger partial charge is 0.493 e. The SMILES string of the molecule is CCOC(=O)Cc1[nH]nc2c1[C@@H](c1cccc(OC)c1OC)C(C#N)=C(N)O2. The van der Waals surface area contributed by atoms with Gasteiger partial charge in [0.2, 0.25) is 11.8 Å². The van der Waals surface area contributed by atoms with Gasteiger partial charge in [-0.15, -0.1) is 5.10 Å². The number of aromatic amines is 1. The molecule has 0 aliphatic carbocycles. The first kappa shape index (κ1) is 19.1. The molecule has 1 aromatic heterocycles. The number of nitrogens with two attached hydrogens (primary N) is 1. The Morgan fingerprint density at radius 3 is 2.82 bits per heavy atom. The maximum Gasteiger partial charge on any atom is 0.311 e. The highest BCUT2D eigenvalue weighted by Gasteiger charge is 2.37. The number of aromatic nitrogens is 2. The molecule has 0 radical (unpaired) electrons. The number of allylic oxidation sites excluding steroid dienone is 1. The van der Waals surface area contributed by atoms with Gasteiger partial charge in [-0.1, -0.05) is 12.1 Å². The van der Waals surface area contributed by atoms with Crippen LogP contribution in [0.4, 0.5) is 0 Å². The lowest BCUT2D eigenvalue weighted by Crippen LogP contribution is -2.22. The number of fused-ring (bicyclic) bond motifs is 1. The number of esters is 1. The Morgan fingerprint density at radius 1 is 1.39 bits per heavy atom. The summed E-state index contributed by atoms with van der Waals surface area (Å²) in [6, 6.07) is 7.43. The predicted octanol–water partition coefficient (Wildman–Crippen LogP) is 1.75. The van der Waals surface area contributed by atoms with Crippen molar-refractivity contribution in [3.05, 3.63) is 46.5 Å². The van der Waals surface area contributed by atoms with Gasteiger partial charge in [0.15, 0.2) is 11.5 Å². The third-order valence-electron chi connectivity index (χ3n) is 4.39. The summed E-state index contributed by atoms with van der Waals surface area (Å²) in [6.07, 6.45) is -0.0546. The predicted molar refractivity (Wildman–Crippen MR) is 97.8 cm³/mol. The number of H-pyrrole nitrogens is 1. The van der Waals surface area contributed by atoms with Crippen LogP contribution >= 0.6 is 0 Å². The number of nitrogens with zero attached hydrogens (tertiary/aromatic N) is 2. The van der Waals surface area contributed by atoms with Crippen molar-refractivity contribution in [1.82, 2.24) is 10.2 Å². The number of rotatable bonds is 6. The molecule has 9 heteroatoms. The smallest absolute Gasteiger partial charge is 0.311 e. The van der Waals surface area contributed by atoms with Crippen molar-refractivity contribution in [2.75, 3.05) is 20.8 Å². The zero-order chi connectivity index (χ0) is 20.3. The van der Waals surface area contributed by atoms with E-state index < -0.39 is 11.9 Å². The molecular formula is C19H20N4O5. The molecule has 1 aliphatic heterocycles. The maximum atomic E-state index is 12.0. The van der Waals surface area contributed by atoms with Gasteiger partial charge in [0.1, 0.15) is 11.6 Å². The van der Waals surface area contributed by atoms with Gasteiger partial charge >= 0.3 is 5.97 Å². The summed E-state index contributed by atoms with van der Waals surface area (Å²) in [4.78, 5) is 12.0. The van der Waals surface area contributed by atoms with E-state index in [0.717, 1.165) is 0 Å². The zero-order valence-corrected chi connectivity index (χ0v) is 15.7. The molecule has 0 unspecified atom stereocenters. The van der Waals surface area contributed by atoms with Crippen LogP contribution in [0.2, 0.25) is 0 Å². The number of hydrogen-bond donors (Lipinski definition) is 2. The molecule has 0 bridgehead atoms. The maximum absolute atomic E-state index is 12.0. The number of nitrogens with one attached hydrogen (secondary N) is 1. The number of para-hydroxylation sites is 1. The first-order valence-corrected chi connectivity index (χ1v) is 8.56. The van der Waals surface area contributed by atoms with Gasteiger partial charge in [-0.05, 0) is 13.0 Å². The highest BCUT2D eigenvalue weighted by atomic mass is 16.5. The summed E-state index contributed by atoms with van der Waals surface area (Å²) in [5.41, 5.74) is 7.80. The average Bonchev–Trinajstić information content (AvgIpc) is 3.08. The molecule has 1 atom stereocenters. The summed E-state index contributed by atoms with van der Waals surface area (Å²) in [5, 5.41) is 16.7. The van der Waals surface area contributed by atoms with Crippen LogP contribution in [0.25, 0.3) is 0 Å². The van der Waals surface area contributed by atoms with Crippen molar-refractivity contribution in [1.29, 1.82) is 5.26 Å². The van der Waals surface area contributed by atoms with Crippen molar-refractivity contribution >= 4 is 5.97 Å². The zero-order valence-electron chi connectivity index (χ0n) is 15.7. The van der Waals surface area contributed by atoms with Crippen molar-refractivity contribution in [3.8, 4) is 23.4 Å². The monoisotopic (exact) mass is 384 g/mol. The van der Waals surface area contributed by atoms with Crippen molar-refractivity contribution < 1.29 is 23.7 Å². The molecule has 1 aromatic carbocycles. The van der Waals surface area contributed by atoms with Gasteiger partial charge in [-0.25, -0.2) is 0 Å². The molecule has 3 rings (SSSR count). The molecule has 2 aromatic rings. The first-order chi connectivity index (χ1) is 13.5. The third kappa shape index (κ3) is 3.20. The van der Waals surface area contributed by atoms with E-state index in [4.69, 9.17) is 24.7 Å². The van der Waals surface area contributed by atoms with E-state index in [1.807, 2.05) is 0 Å². The number of carbonyl (C=O) groups is 1. The second-order valence-electron chi connectivity index (χ2n) is 5.91. The fraction of sp³-hybridized carbons (Fsp3) is 0.316. The number of carbonyl (C=O) groups excluding carboxylic acids is 1. The second kappa shape index (κ2) is 7.92. The van der Waals surface area contributed by atoms with E-state index >= 15 is 0 Å². The number of nitriles is 1. The summed E-state index contributed by atoms with van der Waals surface area (Å²) in [5.74, 6) is 0.0177. The Hall–Kier alpha value is -3.67. The molecule has 0 spiro atoms. The van der Waals surface area contributed by atoms with Crippen LogP contribution in [0.5, 0.6) is 17.4 Å². The molecule has 146 valence electrons. The van der Waals surface area contributed by atoms with Crippen LogP contribution in [0, 0.1) is 11.3 Å². The standard InChI is InChI=1S/C19H20N4O5/c1-4-27-14(24)8-12-16-15(10-6-5-7-13(25-2)17(10)26-3)11(9-20)18(21)28-19(16)23-22-12/h5-7,15H,4,8,21H2,1-3H3,(H,22,23)/t15-/m0/s1. The van der Waals surface area contributed by atoms with Crippen LogP contribution in [0.1, 0.15) is 29.7 Å². The van der Waals surface area contributed by atoms with Crippen LogP contribution in [0.3, 0.4) is 0 Å². The van der Waals surface area contributed by atoms with Gasteiger partial charge in [-0.2, -0.15) is 5.26 Å². The van der Waals surface area contributed by atoms with Crippen molar-refractivity contribution in [2.45, 2.75) is 19.3 Å². The lowest BCUT2D eigenvalue weighted by molar-refractivity contribution is -0.142. The highest BCUT2D eigenvalue weighted by Crippen LogP contribution is 2.47. The molecule has 0 saturated carbocycles. The topological polar surface area (TPSA) is 132 Å². The number of ether oxygens (including phenoxy) is 4. The molecule has 0 saturated heterocycles. The van der Waals surface area contributed by atoms with Crippen molar-refractivity contribution in [3.63, 3.8) is 0 Å². The van der Waals surface area contributed by atoms with E-state index in [-0.39, 0.29) is 30.4 Å². The summed E-state index contributed by atoms with van der Waals surface area (Å²) in [6.45, 7) is 1.99. The average molecular weight is 384 g/mol. The number of methoxy groups -OCH3 is 2.